The smallest absolute Gasteiger partial charge is 0.272 e. The van der Waals surface area contributed by atoms with Gasteiger partial charge < -0.3 is 10.6 Å². The molecule has 1 aliphatic rings. The SMILES string of the molecule is CC(C)(C)C1CCN(C(=O)c2ccc(CN)cn2)CC1. The second-order valence-corrected chi connectivity index (χ2v) is 6.69. The zero-order valence-electron chi connectivity index (χ0n) is 12.7. The van der Waals surface area contributed by atoms with E-state index < -0.39 is 0 Å². The zero-order valence-corrected chi connectivity index (χ0v) is 12.7. The summed E-state index contributed by atoms with van der Waals surface area (Å²) in [7, 11) is 0. The standard InChI is InChI=1S/C16H25N3O/c1-16(2,3)13-6-8-19(9-7-13)15(20)14-5-4-12(10-17)11-18-14/h4-5,11,13H,6-10,17H2,1-3H3. The van der Waals surface area contributed by atoms with Gasteiger partial charge in [0.05, 0.1) is 0 Å². The fourth-order valence-corrected chi connectivity index (χ4v) is 2.78. The zero-order chi connectivity index (χ0) is 14.8. The van der Waals surface area contributed by atoms with Crippen LogP contribution in [0.15, 0.2) is 18.3 Å². The van der Waals surface area contributed by atoms with E-state index in [1.165, 1.54) is 0 Å². The Labute approximate surface area is 121 Å². The molecule has 1 aromatic heterocycles. The van der Waals surface area contributed by atoms with Gasteiger partial charge in [-0.05, 0) is 35.8 Å². The molecule has 1 amide bonds. The lowest BCUT2D eigenvalue weighted by Crippen LogP contribution is -2.41. The van der Waals surface area contributed by atoms with Gasteiger partial charge in [-0.3, -0.25) is 9.78 Å². The van der Waals surface area contributed by atoms with Crippen LogP contribution in [0.1, 0.15) is 49.7 Å². The van der Waals surface area contributed by atoms with Gasteiger partial charge >= 0.3 is 0 Å². The molecule has 1 fully saturated rings. The Morgan fingerprint density at radius 1 is 1.35 bits per heavy atom. The predicted molar refractivity (Wildman–Crippen MR) is 80.2 cm³/mol. The van der Waals surface area contributed by atoms with Crippen molar-refractivity contribution < 1.29 is 4.79 Å². The van der Waals surface area contributed by atoms with Crippen molar-refractivity contribution in [2.24, 2.45) is 17.1 Å². The van der Waals surface area contributed by atoms with Crippen LogP contribution in [0.25, 0.3) is 0 Å². The van der Waals surface area contributed by atoms with E-state index in [1.54, 1.807) is 12.3 Å². The summed E-state index contributed by atoms with van der Waals surface area (Å²) in [6.45, 7) is 8.97. The summed E-state index contributed by atoms with van der Waals surface area (Å²) in [6.07, 6.45) is 3.85. The number of piperidine rings is 1. The minimum Gasteiger partial charge on any atom is -0.337 e. The van der Waals surface area contributed by atoms with Gasteiger partial charge in [-0.1, -0.05) is 26.8 Å². The Balaban J connectivity index is 1.97. The Bertz CT molecular complexity index is 454. The molecular formula is C16H25N3O. The van der Waals surface area contributed by atoms with Crippen LogP contribution in [0.3, 0.4) is 0 Å². The van der Waals surface area contributed by atoms with Crippen molar-refractivity contribution in [2.45, 2.75) is 40.2 Å². The van der Waals surface area contributed by atoms with E-state index in [0.717, 1.165) is 31.5 Å². The van der Waals surface area contributed by atoms with Crippen molar-refractivity contribution >= 4 is 5.91 Å². The van der Waals surface area contributed by atoms with E-state index in [2.05, 4.69) is 25.8 Å². The maximum atomic E-state index is 12.4. The maximum absolute atomic E-state index is 12.4. The summed E-state index contributed by atoms with van der Waals surface area (Å²) in [4.78, 5) is 18.5. The summed E-state index contributed by atoms with van der Waals surface area (Å²) < 4.78 is 0. The minimum atomic E-state index is 0.0425. The summed E-state index contributed by atoms with van der Waals surface area (Å²) >= 11 is 0. The molecule has 20 heavy (non-hydrogen) atoms. The summed E-state index contributed by atoms with van der Waals surface area (Å²) in [5.41, 5.74) is 7.35. The molecular weight excluding hydrogens is 250 g/mol. The molecule has 0 spiro atoms. The summed E-state index contributed by atoms with van der Waals surface area (Å²) in [6, 6.07) is 3.66. The highest BCUT2D eigenvalue weighted by molar-refractivity contribution is 5.92. The highest BCUT2D eigenvalue weighted by atomic mass is 16.2. The molecule has 2 N–H and O–H groups in total. The summed E-state index contributed by atoms with van der Waals surface area (Å²) in [5.74, 6) is 0.736. The van der Waals surface area contributed by atoms with Gasteiger partial charge in [0.15, 0.2) is 0 Å². The van der Waals surface area contributed by atoms with E-state index in [1.807, 2.05) is 11.0 Å². The number of amides is 1. The van der Waals surface area contributed by atoms with Gasteiger partial charge in [-0.15, -0.1) is 0 Å². The molecule has 0 saturated carbocycles. The van der Waals surface area contributed by atoms with Crippen molar-refractivity contribution in [1.82, 2.24) is 9.88 Å². The van der Waals surface area contributed by atoms with Gasteiger partial charge in [-0.2, -0.15) is 0 Å². The highest BCUT2D eigenvalue weighted by Gasteiger charge is 2.30. The third-order valence-electron chi connectivity index (χ3n) is 4.29. The van der Waals surface area contributed by atoms with Gasteiger partial charge in [-0.25, -0.2) is 0 Å². The van der Waals surface area contributed by atoms with Crippen LogP contribution >= 0.6 is 0 Å². The molecule has 0 unspecified atom stereocenters. The predicted octanol–water partition coefficient (Wildman–Crippen LogP) is 2.44. The van der Waals surface area contributed by atoms with Crippen molar-refractivity contribution in [1.29, 1.82) is 0 Å². The first-order chi connectivity index (χ1) is 9.41. The topological polar surface area (TPSA) is 59.2 Å². The van der Waals surface area contributed by atoms with E-state index >= 15 is 0 Å². The first-order valence-corrected chi connectivity index (χ1v) is 7.36. The number of rotatable bonds is 2. The van der Waals surface area contributed by atoms with Gasteiger partial charge in [0.2, 0.25) is 0 Å². The molecule has 1 saturated heterocycles. The monoisotopic (exact) mass is 275 g/mol. The first kappa shape index (κ1) is 15.0. The molecule has 1 aliphatic heterocycles. The van der Waals surface area contributed by atoms with Crippen molar-refractivity contribution in [3.63, 3.8) is 0 Å². The second kappa shape index (κ2) is 5.92. The minimum absolute atomic E-state index is 0.0425. The Morgan fingerprint density at radius 3 is 2.45 bits per heavy atom. The second-order valence-electron chi connectivity index (χ2n) is 6.69. The molecule has 4 nitrogen and oxygen atoms in total. The largest absolute Gasteiger partial charge is 0.337 e. The highest BCUT2D eigenvalue weighted by Crippen LogP contribution is 2.34. The van der Waals surface area contributed by atoms with Gasteiger partial charge in [0.25, 0.3) is 5.91 Å². The average molecular weight is 275 g/mol. The molecule has 110 valence electrons. The molecule has 0 atom stereocenters. The van der Waals surface area contributed by atoms with Gasteiger partial charge in [0.1, 0.15) is 5.69 Å². The van der Waals surface area contributed by atoms with Gasteiger partial charge in [0, 0.05) is 25.8 Å². The molecule has 2 rings (SSSR count). The maximum Gasteiger partial charge on any atom is 0.272 e. The molecule has 0 aromatic carbocycles. The van der Waals surface area contributed by atoms with E-state index in [4.69, 9.17) is 5.73 Å². The number of likely N-dealkylation sites (tertiary alicyclic amines) is 1. The first-order valence-electron chi connectivity index (χ1n) is 7.36. The summed E-state index contributed by atoms with van der Waals surface area (Å²) in [5, 5.41) is 0. The molecule has 0 radical (unpaired) electrons. The lowest BCUT2D eigenvalue weighted by Gasteiger charge is -2.38. The molecule has 1 aromatic rings. The normalized spacial score (nSPS) is 17.3. The van der Waals surface area contributed by atoms with Crippen LogP contribution in [0, 0.1) is 11.3 Å². The fraction of sp³-hybridized carbons (Fsp3) is 0.625. The van der Waals surface area contributed by atoms with Crippen molar-refractivity contribution in [2.75, 3.05) is 13.1 Å². The van der Waals surface area contributed by atoms with Crippen LogP contribution < -0.4 is 5.73 Å². The Kier molecular flexibility index (Phi) is 4.43. The number of hydrogen-bond donors (Lipinski definition) is 1. The molecule has 4 heteroatoms. The fourth-order valence-electron chi connectivity index (χ4n) is 2.78. The van der Waals surface area contributed by atoms with E-state index in [9.17, 15) is 4.79 Å². The van der Waals surface area contributed by atoms with Crippen LogP contribution in [0.5, 0.6) is 0 Å². The van der Waals surface area contributed by atoms with Crippen LogP contribution in [0.4, 0.5) is 0 Å². The number of pyridine rings is 1. The Hall–Kier alpha value is -1.42. The molecule has 0 bridgehead atoms. The number of hydrogen-bond acceptors (Lipinski definition) is 3. The molecule has 0 aliphatic carbocycles. The third-order valence-corrected chi connectivity index (χ3v) is 4.29. The van der Waals surface area contributed by atoms with Crippen LogP contribution in [-0.4, -0.2) is 28.9 Å². The number of carbonyl (C=O) groups is 1. The number of nitrogens with zero attached hydrogens (tertiary/aromatic N) is 2. The lowest BCUT2D eigenvalue weighted by atomic mass is 9.75. The average Bonchev–Trinajstić information content (AvgIpc) is 2.46. The quantitative estimate of drug-likeness (QED) is 0.902. The third kappa shape index (κ3) is 3.37. The number of aromatic nitrogens is 1. The van der Waals surface area contributed by atoms with Crippen molar-refractivity contribution in [3.8, 4) is 0 Å². The lowest BCUT2D eigenvalue weighted by molar-refractivity contribution is 0.0603. The Morgan fingerprint density at radius 2 is 2.00 bits per heavy atom. The van der Waals surface area contributed by atoms with Crippen LogP contribution in [0.2, 0.25) is 0 Å². The van der Waals surface area contributed by atoms with Crippen LogP contribution in [-0.2, 0) is 6.54 Å². The van der Waals surface area contributed by atoms with Crippen molar-refractivity contribution in [3.05, 3.63) is 29.6 Å². The number of carbonyl (C=O) groups excluding carboxylic acids is 1. The van der Waals surface area contributed by atoms with E-state index in [0.29, 0.717) is 23.6 Å². The number of nitrogens with two attached hydrogens (primary N) is 1. The van der Waals surface area contributed by atoms with E-state index in [-0.39, 0.29) is 5.91 Å². The molecule has 2 heterocycles.